The second-order valence-electron chi connectivity index (χ2n) is 19.2. The van der Waals surface area contributed by atoms with Crippen LogP contribution < -0.4 is 0 Å². The largest absolute Gasteiger partial charge is 0.394 e. The summed E-state index contributed by atoms with van der Waals surface area (Å²) in [4.78, 5) is 0. The van der Waals surface area contributed by atoms with Gasteiger partial charge in [-0.1, -0.05) is 285 Å². The van der Waals surface area contributed by atoms with Gasteiger partial charge in [0.05, 0.1) is 12.2 Å². The highest BCUT2D eigenvalue weighted by molar-refractivity contribution is 5.14. The van der Waals surface area contributed by atoms with Crippen LogP contribution in [0.15, 0.2) is 0 Å². The molecule has 0 radical (unpaired) electrons. The van der Waals surface area contributed by atoms with Crippen LogP contribution in [0.5, 0.6) is 0 Å². The van der Waals surface area contributed by atoms with Crippen LogP contribution in [0.2, 0.25) is 0 Å². The lowest BCUT2D eigenvalue weighted by Gasteiger charge is -2.55. The maximum atomic E-state index is 13.1. The third-order valence-corrected chi connectivity index (χ3v) is 13.9. The van der Waals surface area contributed by atoms with Gasteiger partial charge < -0.3 is 25.5 Å². The lowest BCUT2D eigenvalue weighted by atomic mass is 9.61. The molecule has 0 amide bonds. The van der Waals surface area contributed by atoms with Crippen LogP contribution in [0.1, 0.15) is 310 Å². The molecule has 0 aromatic carbocycles. The summed E-state index contributed by atoms with van der Waals surface area (Å²) in [6.07, 6.45) is 46.9. The fraction of sp³-hybridized carbons (Fsp3) is 1.00. The average Bonchev–Trinajstić information content (AvgIpc) is 3.22. The van der Waals surface area contributed by atoms with Crippen LogP contribution in [-0.4, -0.2) is 55.0 Å². The van der Waals surface area contributed by atoms with Gasteiger partial charge >= 0.3 is 0 Å². The van der Waals surface area contributed by atoms with E-state index < -0.39 is 29.5 Å². The predicted octanol–water partition coefficient (Wildman–Crippen LogP) is 15.8. The highest BCUT2D eigenvalue weighted by atomic mass is 16.4. The number of unbranched alkanes of at least 4 members (excludes halogenated alkanes) is 36. The van der Waals surface area contributed by atoms with Crippen molar-refractivity contribution < 1.29 is 25.5 Å². The molecule has 0 aromatic rings. The Hall–Kier alpha value is -0.200. The quantitative estimate of drug-likeness (QED) is 0.0394. The molecular weight excluding hydrogens is 717 g/mol. The molecule has 0 aliphatic rings. The molecule has 5 N–H and O–H groups in total. The Morgan fingerprint density at radius 3 is 0.741 bits per heavy atom. The molecule has 0 aliphatic heterocycles. The summed E-state index contributed by atoms with van der Waals surface area (Å²) in [6.45, 7) is 8.42. The molecule has 0 aliphatic carbocycles. The van der Waals surface area contributed by atoms with Crippen molar-refractivity contribution in [2.45, 2.75) is 333 Å². The van der Waals surface area contributed by atoms with E-state index in [1.54, 1.807) is 0 Å². The van der Waals surface area contributed by atoms with Crippen molar-refractivity contribution in [3.05, 3.63) is 0 Å². The topological polar surface area (TPSA) is 101 Å². The summed E-state index contributed by atoms with van der Waals surface area (Å²) in [5.74, 6) is 0. The third kappa shape index (κ3) is 27.7. The number of aliphatic hydroxyl groups is 5. The van der Waals surface area contributed by atoms with E-state index in [-0.39, 0.29) is 12.8 Å². The van der Waals surface area contributed by atoms with Crippen molar-refractivity contribution in [2.24, 2.45) is 0 Å². The maximum Gasteiger partial charge on any atom is 0.124 e. The highest BCUT2D eigenvalue weighted by Crippen LogP contribution is 2.47. The number of rotatable bonds is 48. The second kappa shape index (κ2) is 40.8. The highest BCUT2D eigenvalue weighted by Gasteiger charge is 2.62. The lowest BCUT2D eigenvalue weighted by molar-refractivity contribution is -0.287. The molecule has 350 valence electrons. The lowest BCUT2D eigenvalue weighted by Crippen LogP contribution is -2.72. The van der Waals surface area contributed by atoms with Gasteiger partial charge in [0.1, 0.15) is 17.3 Å². The molecule has 0 spiro atoms. The van der Waals surface area contributed by atoms with Crippen molar-refractivity contribution in [3.63, 3.8) is 0 Å². The van der Waals surface area contributed by atoms with Gasteiger partial charge in [-0.2, -0.15) is 0 Å². The maximum absolute atomic E-state index is 13.1. The zero-order valence-electron chi connectivity index (χ0n) is 40.1. The van der Waals surface area contributed by atoms with Gasteiger partial charge in [-0.3, -0.25) is 0 Å². The smallest absolute Gasteiger partial charge is 0.124 e. The summed E-state index contributed by atoms with van der Waals surface area (Å²) < 4.78 is 0. The van der Waals surface area contributed by atoms with E-state index in [9.17, 15) is 25.5 Å². The first-order valence-corrected chi connectivity index (χ1v) is 26.7. The van der Waals surface area contributed by atoms with Gasteiger partial charge in [0.25, 0.3) is 0 Å². The first-order chi connectivity index (χ1) is 28.2. The molecular formula is C53H108O5. The average molecular weight is 825 g/mol. The van der Waals surface area contributed by atoms with Gasteiger partial charge in [0.15, 0.2) is 0 Å². The van der Waals surface area contributed by atoms with E-state index in [1.165, 1.54) is 173 Å². The number of aliphatic hydroxyl groups excluding tert-OH is 2. The van der Waals surface area contributed by atoms with Crippen molar-refractivity contribution in [3.8, 4) is 0 Å². The Bertz CT molecular complexity index is 796. The Kier molecular flexibility index (Phi) is 40.7. The number of hydrogen-bond acceptors (Lipinski definition) is 5. The molecule has 0 saturated carbocycles. The minimum Gasteiger partial charge on any atom is -0.394 e. The van der Waals surface area contributed by atoms with Crippen LogP contribution in [0, 0.1) is 0 Å². The van der Waals surface area contributed by atoms with Crippen molar-refractivity contribution >= 4 is 0 Å². The van der Waals surface area contributed by atoms with Crippen LogP contribution in [0.3, 0.4) is 0 Å². The summed E-state index contributed by atoms with van der Waals surface area (Å²) in [7, 11) is 0. The van der Waals surface area contributed by atoms with E-state index in [1.807, 2.05) is 0 Å². The molecule has 0 aromatic heterocycles. The Morgan fingerprint density at radius 2 is 0.500 bits per heavy atom. The van der Waals surface area contributed by atoms with Gasteiger partial charge in [0.2, 0.25) is 0 Å². The monoisotopic (exact) mass is 825 g/mol. The SMILES string of the molecule is CCCCCCCCCCCCC(O)(CCCCCCCCCCCC)[C@@](O)(CCCCCCCCCCCC)C(O)(CCCCCCCCCCCC)[C@@H](O)CO. The normalized spacial score (nSPS) is 14.8. The molecule has 5 heteroatoms. The van der Waals surface area contributed by atoms with Crippen molar-refractivity contribution in [2.75, 3.05) is 6.61 Å². The van der Waals surface area contributed by atoms with Crippen LogP contribution in [0.25, 0.3) is 0 Å². The van der Waals surface area contributed by atoms with E-state index in [0.717, 1.165) is 70.6 Å². The molecule has 3 atom stereocenters. The molecule has 0 bridgehead atoms. The van der Waals surface area contributed by atoms with Gasteiger partial charge in [0, 0.05) is 0 Å². The van der Waals surface area contributed by atoms with Crippen LogP contribution >= 0.6 is 0 Å². The summed E-state index contributed by atoms with van der Waals surface area (Å²) >= 11 is 0. The zero-order chi connectivity index (χ0) is 42.9. The Labute approximate surface area is 364 Å². The summed E-state index contributed by atoms with van der Waals surface area (Å²) in [5, 5.41) is 60.7. The van der Waals surface area contributed by atoms with Gasteiger partial charge in [-0.05, 0) is 25.7 Å². The van der Waals surface area contributed by atoms with Crippen LogP contribution in [-0.2, 0) is 0 Å². The minimum atomic E-state index is -1.98. The summed E-state index contributed by atoms with van der Waals surface area (Å²) in [5.41, 5.74) is -5.41. The van der Waals surface area contributed by atoms with Crippen molar-refractivity contribution in [1.29, 1.82) is 0 Å². The van der Waals surface area contributed by atoms with E-state index in [0.29, 0.717) is 25.7 Å². The fourth-order valence-corrected chi connectivity index (χ4v) is 9.75. The molecule has 0 fully saturated rings. The van der Waals surface area contributed by atoms with E-state index in [4.69, 9.17) is 0 Å². The van der Waals surface area contributed by atoms with Crippen molar-refractivity contribution in [1.82, 2.24) is 0 Å². The second-order valence-corrected chi connectivity index (χ2v) is 19.2. The zero-order valence-corrected chi connectivity index (χ0v) is 40.1. The first kappa shape index (κ1) is 57.8. The molecule has 0 rings (SSSR count). The summed E-state index contributed by atoms with van der Waals surface area (Å²) in [6, 6.07) is 0. The predicted molar refractivity (Wildman–Crippen MR) is 254 cm³/mol. The first-order valence-electron chi connectivity index (χ1n) is 26.7. The number of hydrogen-bond donors (Lipinski definition) is 5. The molecule has 5 nitrogen and oxygen atoms in total. The molecule has 1 unspecified atom stereocenters. The minimum absolute atomic E-state index is 0.192. The Morgan fingerprint density at radius 1 is 0.293 bits per heavy atom. The van der Waals surface area contributed by atoms with Gasteiger partial charge in [-0.15, -0.1) is 0 Å². The van der Waals surface area contributed by atoms with E-state index in [2.05, 4.69) is 27.7 Å². The molecule has 0 heterocycles. The fourth-order valence-electron chi connectivity index (χ4n) is 9.75. The van der Waals surface area contributed by atoms with Gasteiger partial charge in [-0.25, -0.2) is 0 Å². The van der Waals surface area contributed by atoms with E-state index >= 15 is 0 Å². The molecule has 58 heavy (non-hydrogen) atoms. The van der Waals surface area contributed by atoms with Crippen LogP contribution in [0.4, 0.5) is 0 Å². The molecule has 0 saturated heterocycles. The standard InChI is InChI=1S/C53H108O5/c1-5-9-13-17-21-25-29-33-37-41-45-51(56,46-42-38-34-30-26-22-18-14-10-6-2)53(58,48-44-40-36-32-28-24-20-16-12-8-4)52(57,50(55)49-54)47-43-39-35-31-27-23-19-15-11-7-3/h50,54-58H,5-49H2,1-4H3/t50-,52?,53-/m0/s1. The third-order valence-electron chi connectivity index (χ3n) is 13.9. The Balaban J connectivity index is 5.92.